The van der Waals surface area contributed by atoms with E-state index in [4.69, 9.17) is 61.2 Å². The Balaban J connectivity index is 0.000000136. The van der Waals surface area contributed by atoms with E-state index in [0.717, 1.165) is 6.92 Å². The minimum absolute atomic E-state index is 0.0130. The number of furan rings is 3. The first kappa shape index (κ1) is 33.9. The van der Waals surface area contributed by atoms with E-state index in [1.165, 1.54) is 0 Å². The summed E-state index contributed by atoms with van der Waals surface area (Å²) < 4.78 is 444. The van der Waals surface area contributed by atoms with Crippen molar-refractivity contribution >= 4 is 130 Å². The standard InChI is InChI=1S/C41H28O.C38H24O.C32H20O/c1-41(2)34-19-9-7-12-26(34)27-23-22-25(24-35(27)41)38-28-13-3-5-15-30(28)39(31-16-6-4-14-29(31)38)33-18-11-21-37-40(33)32-17-8-10-20-36(32)42-37;1-2-11-25(12-3-1)26-21-23-27(24-22-26)36-28-13-4-6-15-30(28)37(31-16-7-5-14-29(31)36)33-18-10-20-35-38(33)32-17-8-9-19-34(32)39-35;1-2-11-21(12-3-1)30-22-13-4-6-15-24(22)31(25-16-7-5-14-23(25)30)27-18-10-20-29-32(27)26-17-8-9-19-28(26)33-29/h3-24H,1-2H3;1-24H;1-20H/i1D3,3D,4D,5D,6D,7D,9D,12D,13D,14D,15D,16D,19D,22D,23D,24D;1D,2D,3D,4D,5D,6D,7D,11D,12D,13D,14D,15D,16D,21D,22D,23D,24D;1D,2D,3D,4D,5D,6D,7D,11D,12D,13D,14D,15D,16D. The Morgan fingerprint density at radius 1 is 0.211 bits per heavy atom. The molecule has 1 unspecified atom stereocenters. The lowest BCUT2D eigenvalue weighted by molar-refractivity contribution is 0.660. The van der Waals surface area contributed by atoms with Gasteiger partial charge in [0.2, 0.25) is 0 Å². The fourth-order valence-corrected chi connectivity index (χ4v) is 15.8. The normalized spacial score (nSPS) is 19.2. The Morgan fingerprint density at radius 2 is 0.482 bits per heavy atom. The zero-order valence-corrected chi connectivity index (χ0v) is 58.8. The van der Waals surface area contributed by atoms with E-state index in [9.17, 15) is 17.8 Å². The zero-order chi connectivity index (χ0) is 117. The summed E-state index contributed by atoms with van der Waals surface area (Å²) in [6.45, 7) is -2.00. The fraction of sp³-hybridized carbons (Fsp3) is 0.0270. The third kappa shape index (κ3) is 10.6. The van der Waals surface area contributed by atoms with Crippen LogP contribution < -0.4 is 0 Å². The molecule has 20 aromatic carbocycles. The van der Waals surface area contributed by atoms with E-state index in [2.05, 4.69) is 0 Å². The number of fused-ring (bicyclic) bond motifs is 18. The van der Waals surface area contributed by atoms with Crippen LogP contribution >= 0.6 is 0 Å². The van der Waals surface area contributed by atoms with Gasteiger partial charge < -0.3 is 13.3 Å². The lowest BCUT2D eigenvalue weighted by Gasteiger charge is -2.23. The van der Waals surface area contributed by atoms with E-state index in [1.54, 1.807) is 127 Å². The first-order valence-corrected chi connectivity index (χ1v) is 35.4. The maximum Gasteiger partial charge on any atom is 0.136 e. The number of para-hydroxylation sites is 3. The Labute approximate surface area is 726 Å². The molecule has 0 bridgehead atoms. The zero-order valence-electron chi connectivity index (χ0n) is 107. The molecule has 534 valence electrons. The molecule has 0 amide bonds. The molecule has 3 heteroatoms. The van der Waals surface area contributed by atoms with Gasteiger partial charge in [-0.15, -0.1) is 0 Å². The highest BCUT2D eigenvalue weighted by atomic mass is 16.3. The molecule has 0 saturated carbocycles. The van der Waals surface area contributed by atoms with Crippen molar-refractivity contribution < 1.29 is 79.0 Å². The molecule has 24 rings (SSSR count). The Bertz CT molecular complexity index is 10500. The van der Waals surface area contributed by atoms with Crippen molar-refractivity contribution in [1.29, 1.82) is 0 Å². The van der Waals surface area contributed by atoms with Gasteiger partial charge in [-0.05, 0) is 207 Å². The SMILES string of the molecule is [2H]c1c([2H])c([2H])c(-c2c([2H])c([2H])c(-c3c4c([2H])c([2H])c([2H])c([2H])c4c(-c4cccc5oc6ccccc6c45)c4c([2H])c([2H])c([2H])c([2H])c34)c([2H])c2[2H])c([2H])c1[2H].[2H]c1c([2H])c([2H])c(-c2c3c([2H])c([2H])c([2H])c([2H])c3c(-c3cccc4oc5ccccc5c34)c3c([2H])c([2H])c([2H])c([2H])c23)c([2H])c1[2H].[2H]c1c([2H])c([2H])c2c(c1[2H])-c1c([2H])c([2H])c(-c3c4c([2H])c([2H])c([2H])c([2H])c4c(-c4cccc5oc6ccccc6c45)c4c([2H])c([2H])c([2H])c([2H])c34)c([2H])c1C2(C)C([2H])([2H])[2H]. The Hall–Kier alpha value is -14.6. The predicted molar refractivity (Wildman–Crippen MR) is 482 cm³/mol. The topological polar surface area (TPSA) is 39.4 Å². The number of rotatable bonds is 7. The number of hydrogen-bond acceptors (Lipinski definition) is 3. The summed E-state index contributed by atoms with van der Waals surface area (Å²) in [5, 5.41) is 0.127. The summed E-state index contributed by atoms with van der Waals surface area (Å²) in [5.41, 5.74) is -4.58. The van der Waals surface area contributed by atoms with Crippen molar-refractivity contribution in [2.24, 2.45) is 0 Å². The molecule has 3 nitrogen and oxygen atoms in total. The van der Waals surface area contributed by atoms with Crippen LogP contribution in [0.5, 0.6) is 0 Å². The third-order valence-electron chi connectivity index (χ3n) is 20.5. The van der Waals surface area contributed by atoms with Crippen molar-refractivity contribution in [2.45, 2.75) is 19.2 Å². The predicted octanol–water partition coefficient (Wildman–Crippen LogP) is 31.7. The minimum Gasteiger partial charge on any atom is -0.456 e. The second-order valence-corrected chi connectivity index (χ2v) is 26.7. The first-order chi connectivity index (χ1) is 76.3. The fourth-order valence-electron chi connectivity index (χ4n) is 15.8. The van der Waals surface area contributed by atoms with Crippen LogP contribution in [-0.2, 0) is 5.41 Å². The van der Waals surface area contributed by atoms with Crippen LogP contribution in [-0.4, -0.2) is 0 Å². The monoisotopic (exact) mass is 1500 g/mol. The van der Waals surface area contributed by atoms with E-state index in [1.807, 2.05) is 0 Å². The first-order valence-electron chi connectivity index (χ1n) is 59.4. The Morgan fingerprint density at radius 3 is 0.860 bits per heavy atom. The van der Waals surface area contributed by atoms with Gasteiger partial charge in [-0.25, -0.2) is 0 Å². The highest BCUT2D eigenvalue weighted by Gasteiger charge is 2.36. The van der Waals surface area contributed by atoms with Crippen LogP contribution in [0.15, 0.2) is 413 Å². The van der Waals surface area contributed by atoms with Gasteiger partial charge in [0.25, 0.3) is 0 Å². The second-order valence-electron chi connectivity index (χ2n) is 26.7. The average Bonchev–Trinajstić information content (AvgIpc) is 1.44. The molecule has 3 aromatic heterocycles. The molecule has 0 saturated heterocycles. The van der Waals surface area contributed by atoms with Crippen molar-refractivity contribution in [3.05, 3.63) is 410 Å². The van der Waals surface area contributed by atoms with E-state index in [0.29, 0.717) is 76.9 Å². The molecule has 0 N–H and O–H groups in total. The second kappa shape index (κ2) is 26.8. The lowest BCUT2D eigenvalue weighted by atomic mass is 9.80. The molecular weight excluding hydrogens is 1380 g/mol. The van der Waals surface area contributed by atoms with Gasteiger partial charge in [-0.1, -0.05) is 371 Å². The van der Waals surface area contributed by atoms with E-state index < -0.39 is 340 Å². The van der Waals surface area contributed by atoms with Gasteiger partial charge in [0.05, 0.1) is 61.7 Å². The van der Waals surface area contributed by atoms with Crippen LogP contribution in [0.1, 0.15) is 90.7 Å². The highest BCUT2D eigenvalue weighted by Crippen LogP contribution is 2.54. The molecular formula is C111H72O3. The van der Waals surface area contributed by atoms with Crippen LogP contribution in [0.2, 0.25) is 0 Å². The lowest BCUT2D eigenvalue weighted by Crippen LogP contribution is -2.14. The third-order valence-corrected chi connectivity index (χ3v) is 20.5. The van der Waals surface area contributed by atoms with Crippen molar-refractivity contribution in [1.82, 2.24) is 0 Å². The van der Waals surface area contributed by atoms with Crippen LogP contribution in [0.3, 0.4) is 0 Å². The minimum atomic E-state index is -3.15. The molecule has 0 fully saturated rings. The molecule has 1 aliphatic carbocycles. The average molecular weight is 1500 g/mol. The summed E-state index contributed by atoms with van der Waals surface area (Å²) in [5.74, 6) is 0. The largest absolute Gasteiger partial charge is 0.456 e. The van der Waals surface area contributed by atoms with E-state index >= 15 is 0 Å². The summed E-state index contributed by atoms with van der Waals surface area (Å²) in [7, 11) is 0. The summed E-state index contributed by atoms with van der Waals surface area (Å²) in [6.07, 6.45) is 0. The van der Waals surface area contributed by atoms with Crippen LogP contribution in [0, 0.1) is 0 Å². The molecule has 1 atom stereocenters. The van der Waals surface area contributed by atoms with Crippen molar-refractivity contribution in [2.75, 3.05) is 0 Å². The van der Waals surface area contributed by atoms with Crippen molar-refractivity contribution in [3.63, 3.8) is 0 Å². The van der Waals surface area contributed by atoms with Gasteiger partial charge in [0, 0.05) is 41.8 Å². The molecule has 23 aromatic rings. The smallest absolute Gasteiger partial charge is 0.136 e. The summed E-state index contributed by atoms with van der Waals surface area (Å²) >= 11 is 0. The quantitative estimate of drug-likeness (QED) is 0.149. The van der Waals surface area contributed by atoms with Gasteiger partial charge >= 0.3 is 0 Å². The number of hydrogen-bond donors (Lipinski definition) is 0. The molecule has 0 radical (unpaired) electrons. The summed E-state index contributed by atoms with van der Waals surface area (Å²) in [6, 6.07) is 4.17. The maximum atomic E-state index is 9.88. The number of benzene rings is 20. The molecule has 1 aliphatic rings. The van der Waals surface area contributed by atoms with E-state index in [-0.39, 0.29) is 98.0 Å². The highest BCUT2D eigenvalue weighted by molar-refractivity contribution is 6.29. The van der Waals surface area contributed by atoms with Crippen molar-refractivity contribution in [3.8, 4) is 89.0 Å². The van der Waals surface area contributed by atoms with Crippen LogP contribution in [0.25, 0.3) is 219 Å². The summed E-state index contributed by atoms with van der Waals surface area (Å²) in [4.78, 5) is 0. The van der Waals surface area contributed by atoms with Crippen LogP contribution in [0.4, 0.5) is 0 Å². The maximum absolute atomic E-state index is 9.88. The van der Waals surface area contributed by atoms with Gasteiger partial charge in [0.1, 0.15) is 33.5 Å². The van der Waals surface area contributed by atoms with Gasteiger partial charge in [0.15, 0.2) is 0 Å². The molecule has 114 heavy (non-hydrogen) atoms. The van der Waals surface area contributed by atoms with Gasteiger partial charge in [-0.3, -0.25) is 0 Å². The molecule has 0 aliphatic heterocycles. The Kier molecular flexibility index (Phi) is 7.99. The van der Waals surface area contributed by atoms with Gasteiger partial charge in [-0.2, -0.15) is 0 Å². The molecule has 0 spiro atoms. The molecule has 3 heterocycles.